The maximum Gasteiger partial charge on any atom is 0.233 e. The fourth-order valence-corrected chi connectivity index (χ4v) is 4.91. The van der Waals surface area contributed by atoms with E-state index in [9.17, 15) is 9.59 Å². The highest BCUT2D eigenvalue weighted by Crippen LogP contribution is 2.53. The molecule has 1 aliphatic heterocycles. The van der Waals surface area contributed by atoms with Crippen molar-refractivity contribution in [1.82, 2.24) is 10.2 Å². The molecule has 2 bridgehead atoms. The molecule has 3 aliphatic carbocycles. The second kappa shape index (κ2) is 4.42. The summed E-state index contributed by atoms with van der Waals surface area (Å²) in [6.45, 7) is 0. The van der Waals surface area contributed by atoms with Gasteiger partial charge in [0.1, 0.15) is 0 Å². The summed E-state index contributed by atoms with van der Waals surface area (Å²) in [6, 6.07) is 0.709. The molecule has 0 aromatic heterocycles. The zero-order chi connectivity index (χ0) is 13.9. The number of nitrogens with one attached hydrogen (secondary N) is 1. The predicted octanol–water partition coefficient (Wildman–Crippen LogP) is 1.32. The van der Waals surface area contributed by atoms with Crippen LogP contribution < -0.4 is 5.32 Å². The van der Waals surface area contributed by atoms with Crippen molar-refractivity contribution in [3.63, 3.8) is 0 Å². The van der Waals surface area contributed by atoms with Gasteiger partial charge in [0.05, 0.1) is 11.8 Å². The number of rotatable bonds is 2. The molecule has 2 amide bonds. The first-order valence-corrected chi connectivity index (χ1v) is 7.93. The van der Waals surface area contributed by atoms with Gasteiger partial charge in [-0.25, -0.2) is 0 Å². The number of hydrogen-bond acceptors (Lipinski definition) is 3. The fraction of sp³-hybridized carbons (Fsp3) is 0.750. The summed E-state index contributed by atoms with van der Waals surface area (Å²) in [5.41, 5.74) is 0. The third kappa shape index (κ3) is 1.57. The van der Waals surface area contributed by atoms with Gasteiger partial charge in [-0.05, 0) is 51.0 Å². The Labute approximate surface area is 119 Å². The minimum Gasteiger partial charge on any atom is -0.317 e. The van der Waals surface area contributed by atoms with Gasteiger partial charge in [0.15, 0.2) is 0 Å². The van der Waals surface area contributed by atoms with Crippen molar-refractivity contribution in [2.24, 2.45) is 23.7 Å². The van der Waals surface area contributed by atoms with E-state index in [1.165, 1.54) is 0 Å². The first-order valence-electron chi connectivity index (χ1n) is 7.93. The maximum atomic E-state index is 12.7. The number of allylic oxidation sites excluding steroid dienone is 2. The summed E-state index contributed by atoms with van der Waals surface area (Å²) in [5.74, 6) is 0.869. The normalized spacial score (nSPS) is 46.4. The Morgan fingerprint density at radius 3 is 2.05 bits per heavy atom. The maximum absolute atomic E-state index is 12.7. The largest absolute Gasteiger partial charge is 0.317 e. The number of hydrogen-bond donors (Lipinski definition) is 1. The molecule has 1 saturated heterocycles. The van der Waals surface area contributed by atoms with Crippen LogP contribution in [0.2, 0.25) is 0 Å². The number of fused-ring (bicyclic) bond motifs is 5. The van der Waals surface area contributed by atoms with Gasteiger partial charge in [-0.3, -0.25) is 14.5 Å². The molecule has 4 nitrogen and oxygen atoms in total. The van der Waals surface area contributed by atoms with Crippen molar-refractivity contribution in [2.45, 2.75) is 44.2 Å². The number of imide groups is 1. The van der Waals surface area contributed by atoms with E-state index in [-0.39, 0.29) is 29.7 Å². The molecule has 2 saturated carbocycles. The Morgan fingerprint density at radius 2 is 1.55 bits per heavy atom. The van der Waals surface area contributed by atoms with Crippen molar-refractivity contribution in [2.75, 3.05) is 7.05 Å². The molecule has 0 aromatic rings. The zero-order valence-corrected chi connectivity index (χ0v) is 11.9. The monoisotopic (exact) mass is 274 g/mol. The molecule has 4 heteroatoms. The first-order chi connectivity index (χ1) is 9.70. The topological polar surface area (TPSA) is 49.4 Å². The van der Waals surface area contributed by atoms with Crippen LogP contribution in [-0.4, -0.2) is 35.8 Å². The lowest BCUT2D eigenvalue weighted by Gasteiger charge is -2.34. The number of carbonyl (C=O) groups excluding carboxylic acids is 2. The van der Waals surface area contributed by atoms with Crippen molar-refractivity contribution in [3.8, 4) is 0 Å². The summed E-state index contributed by atoms with van der Waals surface area (Å²) < 4.78 is 0. The number of nitrogens with zero attached hydrogens (tertiary/aromatic N) is 1. The Morgan fingerprint density at radius 1 is 1.00 bits per heavy atom. The van der Waals surface area contributed by atoms with Gasteiger partial charge in [0.2, 0.25) is 11.8 Å². The van der Waals surface area contributed by atoms with Crippen LogP contribution in [0.15, 0.2) is 12.2 Å². The molecule has 20 heavy (non-hydrogen) atoms. The molecule has 0 aromatic carbocycles. The van der Waals surface area contributed by atoms with Crippen molar-refractivity contribution < 1.29 is 9.59 Å². The quantitative estimate of drug-likeness (QED) is 0.610. The van der Waals surface area contributed by atoms with Gasteiger partial charge in [-0.15, -0.1) is 0 Å². The van der Waals surface area contributed by atoms with E-state index in [0.29, 0.717) is 17.9 Å². The lowest BCUT2D eigenvalue weighted by atomic mass is 9.85. The summed E-state index contributed by atoms with van der Waals surface area (Å²) in [4.78, 5) is 27.0. The van der Waals surface area contributed by atoms with Gasteiger partial charge < -0.3 is 5.32 Å². The summed E-state index contributed by atoms with van der Waals surface area (Å²) in [5, 5.41) is 3.30. The van der Waals surface area contributed by atoms with Crippen LogP contribution in [0, 0.1) is 23.7 Å². The molecule has 108 valence electrons. The summed E-state index contributed by atoms with van der Waals surface area (Å²) >= 11 is 0. The van der Waals surface area contributed by atoms with Gasteiger partial charge >= 0.3 is 0 Å². The van der Waals surface area contributed by atoms with E-state index < -0.39 is 0 Å². The highest BCUT2D eigenvalue weighted by Gasteiger charge is 2.60. The highest BCUT2D eigenvalue weighted by atomic mass is 16.2. The van der Waals surface area contributed by atoms with Crippen LogP contribution in [0.25, 0.3) is 0 Å². The van der Waals surface area contributed by atoms with Crippen molar-refractivity contribution in [1.29, 1.82) is 0 Å². The Bertz CT molecular complexity index is 449. The molecule has 4 rings (SSSR count). The second-order valence-electron chi connectivity index (χ2n) is 6.84. The fourth-order valence-electron chi connectivity index (χ4n) is 4.91. The minimum absolute atomic E-state index is 0.0282. The van der Waals surface area contributed by atoms with E-state index >= 15 is 0 Å². The molecule has 4 atom stereocenters. The van der Waals surface area contributed by atoms with Crippen LogP contribution in [0.1, 0.15) is 32.1 Å². The first kappa shape index (κ1) is 12.6. The van der Waals surface area contributed by atoms with Gasteiger partial charge in [-0.2, -0.15) is 0 Å². The minimum atomic E-state index is -0.0282. The molecular weight excluding hydrogens is 252 g/mol. The predicted molar refractivity (Wildman–Crippen MR) is 74.7 cm³/mol. The van der Waals surface area contributed by atoms with Crippen molar-refractivity contribution >= 4 is 11.8 Å². The highest BCUT2D eigenvalue weighted by molar-refractivity contribution is 6.06. The lowest BCUT2D eigenvalue weighted by molar-refractivity contribution is -0.144. The molecule has 4 unspecified atom stereocenters. The molecule has 3 fully saturated rings. The summed E-state index contributed by atoms with van der Waals surface area (Å²) in [7, 11) is 1.99. The molecule has 1 N–H and O–H groups in total. The second-order valence-corrected chi connectivity index (χ2v) is 6.84. The average molecular weight is 274 g/mol. The van der Waals surface area contributed by atoms with Crippen LogP contribution in [0.4, 0.5) is 0 Å². The number of carbonyl (C=O) groups is 2. The van der Waals surface area contributed by atoms with E-state index in [1.807, 2.05) is 7.05 Å². The molecular formula is C16H22N2O2. The van der Waals surface area contributed by atoms with E-state index in [2.05, 4.69) is 17.5 Å². The molecule has 0 radical (unpaired) electrons. The average Bonchev–Trinajstić information content (AvgIpc) is 3.14. The smallest absolute Gasteiger partial charge is 0.233 e. The number of likely N-dealkylation sites (tertiary alicyclic amines) is 1. The van der Waals surface area contributed by atoms with Crippen LogP contribution in [-0.2, 0) is 9.59 Å². The Kier molecular flexibility index (Phi) is 2.78. The zero-order valence-electron chi connectivity index (χ0n) is 11.9. The van der Waals surface area contributed by atoms with Gasteiger partial charge in [0.25, 0.3) is 0 Å². The molecule has 1 heterocycles. The standard InChI is InChI=1S/C16H22N2O2/c1-17-11-4-6-12(7-5-11)18-15(19)13-9-2-3-10(8-9)14(13)16(18)20/h2-3,9-14,17H,4-8H2,1H3. The van der Waals surface area contributed by atoms with E-state index in [4.69, 9.17) is 0 Å². The van der Waals surface area contributed by atoms with Gasteiger partial charge in [-0.1, -0.05) is 12.2 Å². The molecule has 0 spiro atoms. The Balaban J connectivity index is 1.53. The number of amides is 2. The van der Waals surface area contributed by atoms with E-state index in [1.54, 1.807) is 4.90 Å². The molecule has 4 aliphatic rings. The third-order valence-electron chi connectivity index (χ3n) is 5.97. The third-order valence-corrected chi connectivity index (χ3v) is 5.97. The van der Waals surface area contributed by atoms with Crippen LogP contribution in [0.3, 0.4) is 0 Å². The van der Waals surface area contributed by atoms with Crippen LogP contribution >= 0.6 is 0 Å². The van der Waals surface area contributed by atoms with E-state index in [0.717, 1.165) is 32.1 Å². The Hall–Kier alpha value is -1.16. The lowest BCUT2D eigenvalue weighted by Crippen LogP contribution is -2.45. The van der Waals surface area contributed by atoms with Crippen molar-refractivity contribution in [3.05, 3.63) is 12.2 Å². The SMILES string of the molecule is CNC1CCC(N2C(=O)C3C4C=CC(C4)C3C2=O)CC1. The van der Waals surface area contributed by atoms with Gasteiger partial charge in [0, 0.05) is 12.1 Å². The van der Waals surface area contributed by atoms with Crippen LogP contribution in [0.5, 0.6) is 0 Å². The summed E-state index contributed by atoms with van der Waals surface area (Å²) in [6.07, 6.45) is 9.41.